The van der Waals surface area contributed by atoms with E-state index in [2.05, 4.69) is 25.0 Å². The average Bonchev–Trinajstić information content (AvgIpc) is 3.37. The number of rotatable bonds is 7. The van der Waals surface area contributed by atoms with Crippen molar-refractivity contribution in [1.82, 2.24) is 15.1 Å². The van der Waals surface area contributed by atoms with Crippen molar-refractivity contribution >= 4 is 67.8 Å². The van der Waals surface area contributed by atoms with Crippen LogP contribution in [0.1, 0.15) is 21.1 Å². The van der Waals surface area contributed by atoms with Gasteiger partial charge in [-0.15, -0.1) is 0 Å². The van der Waals surface area contributed by atoms with Crippen LogP contribution in [-0.4, -0.2) is 25.1 Å². The normalized spacial score (nSPS) is 11.9. The molecule has 0 aliphatic carbocycles. The molecule has 1 atom stereocenters. The van der Waals surface area contributed by atoms with Gasteiger partial charge in [-0.25, -0.2) is 4.98 Å². The monoisotopic (exact) mass is 493 g/mol. The van der Waals surface area contributed by atoms with E-state index in [1.54, 1.807) is 42.5 Å². The number of benzene rings is 2. The molecule has 0 bridgehead atoms. The first-order valence-corrected chi connectivity index (χ1v) is 11.6. The molecule has 4 aromatic rings. The summed E-state index contributed by atoms with van der Waals surface area (Å²) in [5, 5.41) is 7.61. The lowest BCUT2D eigenvalue weighted by atomic mass is 10.1. The molecule has 8 nitrogen and oxygen atoms in total. The second kappa shape index (κ2) is 9.15. The van der Waals surface area contributed by atoms with Crippen LogP contribution in [0.2, 0.25) is 10.0 Å². The molecule has 0 saturated heterocycles. The molecule has 0 aliphatic rings. The zero-order chi connectivity index (χ0) is 22.0. The molecule has 158 valence electrons. The van der Waals surface area contributed by atoms with E-state index < -0.39 is 16.6 Å². The summed E-state index contributed by atoms with van der Waals surface area (Å²) >= 11 is 13.4. The standard InChI is InChI=1S/C19H13Cl2N5O3S2/c20-12-5-2-6-13(21)15(12)16(27)17-18(22)25-19(30-17)24-10-3-1-4-11(7-10)31(28)8-14-23-9-29-26-14/h1-7,9H,8,22H2,(H,24,25). The molecule has 1 unspecified atom stereocenters. The van der Waals surface area contributed by atoms with Crippen LogP contribution in [0, 0.1) is 0 Å². The summed E-state index contributed by atoms with van der Waals surface area (Å²) in [5.74, 6) is 0.131. The van der Waals surface area contributed by atoms with Gasteiger partial charge >= 0.3 is 0 Å². The molecule has 0 saturated carbocycles. The first kappa shape index (κ1) is 21.4. The van der Waals surface area contributed by atoms with E-state index in [1.165, 1.54) is 6.39 Å². The first-order chi connectivity index (χ1) is 14.9. The average molecular weight is 494 g/mol. The maximum absolute atomic E-state index is 12.9. The number of nitrogens with zero attached hydrogens (tertiary/aromatic N) is 3. The third-order valence-electron chi connectivity index (χ3n) is 4.06. The fourth-order valence-electron chi connectivity index (χ4n) is 2.67. The van der Waals surface area contributed by atoms with Gasteiger partial charge in [-0.3, -0.25) is 9.00 Å². The van der Waals surface area contributed by atoms with Crippen molar-refractivity contribution in [2.75, 3.05) is 11.1 Å². The molecule has 3 N–H and O–H groups in total. The smallest absolute Gasteiger partial charge is 0.213 e. The summed E-state index contributed by atoms with van der Waals surface area (Å²) in [5.41, 5.74) is 6.77. The second-order valence-corrected chi connectivity index (χ2v) is 9.41. The highest BCUT2D eigenvalue weighted by Crippen LogP contribution is 2.34. The van der Waals surface area contributed by atoms with Crippen LogP contribution in [0.4, 0.5) is 16.6 Å². The Labute approximate surface area is 192 Å². The molecular formula is C19H13Cl2N5O3S2. The highest BCUT2D eigenvalue weighted by atomic mass is 35.5. The Morgan fingerprint density at radius 2 is 1.94 bits per heavy atom. The number of halogens is 2. The Hall–Kier alpha value is -2.79. The molecule has 4 rings (SSSR count). The van der Waals surface area contributed by atoms with Gasteiger partial charge in [0.1, 0.15) is 10.7 Å². The summed E-state index contributed by atoms with van der Waals surface area (Å²) in [6.45, 7) is 0. The van der Waals surface area contributed by atoms with E-state index in [9.17, 15) is 9.00 Å². The molecular weight excluding hydrogens is 481 g/mol. The van der Waals surface area contributed by atoms with Crippen LogP contribution >= 0.6 is 34.5 Å². The Bertz CT molecular complexity index is 1260. The number of aromatic nitrogens is 3. The van der Waals surface area contributed by atoms with Crippen molar-refractivity contribution in [3.05, 3.63) is 75.2 Å². The molecule has 2 heterocycles. The Morgan fingerprint density at radius 3 is 2.65 bits per heavy atom. The summed E-state index contributed by atoms with van der Waals surface area (Å²) in [6.07, 6.45) is 1.19. The molecule has 0 spiro atoms. The van der Waals surface area contributed by atoms with E-state index in [-0.39, 0.29) is 32.1 Å². The second-order valence-electron chi connectivity index (χ2n) is 6.15. The van der Waals surface area contributed by atoms with Gasteiger partial charge in [-0.2, -0.15) is 4.98 Å². The predicted octanol–water partition coefficient (Wildman–Crippen LogP) is 4.70. The van der Waals surface area contributed by atoms with Crippen molar-refractivity contribution < 1.29 is 13.5 Å². The van der Waals surface area contributed by atoms with Crippen molar-refractivity contribution in [3.63, 3.8) is 0 Å². The number of anilines is 3. The van der Waals surface area contributed by atoms with Gasteiger partial charge in [0, 0.05) is 10.6 Å². The summed E-state index contributed by atoms with van der Waals surface area (Å²) in [4.78, 5) is 21.8. The quantitative estimate of drug-likeness (QED) is 0.355. The van der Waals surface area contributed by atoms with Crippen molar-refractivity contribution in [3.8, 4) is 0 Å². The number of thiazole rings is 1. The Kier molecular flexibility index (Phi) is 6.33. The van der Waals surface area contributed by atoms with Crippen LogP contribution in [0.15, 0.2) is 58.3 Å². The molecule has 0 aliphatic heterocycles. The maximum Gasteiger partial charge on any atom is 0.213 e. The lowest BCUT2D eigenvalue weighted by molar-refractivity contribution is 0.104. The van der Waals surface area contributed by atoms with Crippen molar-refractivity contribution in [2.24, 2.45) is 0 Å². The summed E-state index contributed by atoms with van der Waals surface area (Å²) in [6, 6.07) is 11.8. The molecule has 2 aromatic carbocycles. The van der Waals surface area contributed by atoms with Gasteiger partial charge in [0.25, 0.3) is 0 Å². The van der Waals surface area contributed by atoms with Gasteiger partial charge in [-0.1, -0.05) is 51.8 Å². The van der Waals surface area contributed by atoms with Gasteiger partial charge in [0.15, 0.2) is 11.0 Å². The van der Waals surface area contributed by atoms with Crippen molar-refractivity contribution in [2.45, 2.75) is 10.6 Å². The van der Waals surface area contributed by atoms with E-state index in [0.29, 0.717) is 21.5 Å². The highest BCUT2D eigenvalue weighted by Gasteiger charge is 2.22. The predicted molar refractivity (Wildman–Crippen MR) is 121 cm³/mol. The minimum atomic E-state index is -1.37. The van der Waals surface area contributed by atoms with Crippen LogP contribution in [0.3, 0.4) is 0 Å². The Balaban J connectivity index is 1.55. The number of hydrogen-bond donors (Lipinski definition) is 2. The highest BCUT2D eigenvalue weighted by molar-refractivity contribution is 7.84. The number of hydrogen-bond acceptors (Lipinski definition) is 9. The molecule has 2 aromatic heterocycles. The van der Waals surface area contributed by atoms with Gasteiger partial charge < -0.3 is 15.6 Å². The fourth-order valence-corrected chi connectivity index (χ4v) is 5.11. The van der Waals surface area contributed by atoms with Crippen molar-refractivity contribution in [1.29, 1.82) is 0 Å². The van der Waals surface area contributed by atoms with Gasteiger partial charge in [0.2, 0.25) is 12.2 Å². The third kappa shape index (κ3) is 4.77. The minimum Gasteiger partial charge on any atom is -0.382 e. The topological polar surface area (TPSA) is 124 Å². The zero-order valence-corrected chi connectivity index (χ0v) is 18.7. The number of nitrogens with one attached hydrogen (secondary N) is 1. The molecule has 12 heteroatoms. The summed E-state index contributed by atoms with van der Waals surface area (Å²) in [7, 11) is -1.37. The molecule has 31 heavy (non-hydrogen) atoms. The SMILES string of the molecule is Nc1nc(Nc2cccc(S(=O)Cc3ncon3)c2)sc1C(=O)c1c(Cl)cccc1Cl. The van der Waals surface area contributed by atoms with Crippen LogP contribution in [0.25, 0.3) is 0 Å². The summed E-state index contributed by atoms with van der Waals surface area (Å²) < 4.78 is 17.2. The van der Waals surface area contributed by atoms with Gasteiger partial charge in [-0.05, 0) is 30.3 Å². The number of carbonyl (C=O) groups is 1. The van der Waals surface area contributed by atoms with Gasteiger partial charge in [0.05, 0.1) is 32.2 Å². The lowest BCUT2D eigenvalue weighted by Crippen LogP contribution is -2.04. The Morgan fingerprint density at radius 1 is 1.19 bits per heavy atom. The fraction of sp³-hybridized carbons (Fsp3) is 0.0526. The lowest BCUT2D eigenvalue weighted by Gasteiger charge is -2.05. The minimum absolute atomic E-state index is 0.0605. The molecule has 0 fully saturated rings. The van der Waals surface area contributed by atoms with E-state index in [1.807, 2.05) is 0 Å². The van der Waals surface area contributed by atoms with E-state index in [0.717, 1.165) is 11.3 Å². The van der Waals surface area contributed by atoms with E-state index in [4.69, 9.17) is 28.9 Å². The largest absolute Gasteiger partial charge is 0.382 e. The van der Waals surface area contributed by atoms with Crippen LogP contribution in [-0.2, 0) is 16.6 Å². The molecule has 0 amide bonds. The zero-order valence-electron chi connectivity index (χ0n) is 15.5. The first-order valence-electron chi connectivity index (χ1n) is 8.68. The number of nitrogen functional groups attached to an aromatic ring is 1. The van der Waals surface area contributed by atoms with Crippen LogP contribution in [0.5, 0.6) is 0 Å². The maximum atomic E-state index is 12.9. The third-order valence-corrected chi connectivity index (χ3v) is 6.98. The molecule has 0 radical (unpaired) electrons. The van der Waals surface area contributed by atoms with E-state index >= 15 is 0 Å². The number of nitrogens with two attached hydrogens (primary N) is 1. The number of carbonyl (C=O) groups excluding carboxylic acids is 1. The number of ketones is 1. The van der Waals surface area contributed by atoms with Crippen LogP contribution < -0.4 is 11.1 Å².